The van der Waals surface area contributed by atoms with Gasteiger partial charge in [0.15, 0.2) is 0 Å². The molecule has 0 atom stereocenters. The number of benzene rings is 8. The van der Waals surface area contributed by atoms with E-state index in [-0.39, 0.29) is 5.41 Å². The summed E-state index contributed by atoms with van der Waals surface area (Å²) in [5, 5.41) is 8.71. The first-order valence-electron chi connectivity index (χ1n) is 17.7. The summed E-state index contributed by atoms with van der Waals surface area (Å²) < 4.78 is 2.43. The molecule has 0 N–H and O–H groups in total. The molecule has 51 heavy (non-hydrogen) atoms. The molecule has 2 aromatic heterocycles. The van der Waals surface area contributed by atoms with E-state index < -0.39 is 0 Å². The molecule has 8 aromatic carbocycles. The van der Waals surface area contributed by atoms with Crippen molar-refractivity contribution < 1.29 is 0 Å². The van der Waals surface area contributed by atoms with E-state index in [1.54, 1.807) is 0 Å². The third-order valence-corrected chi connectivity index (χ3v) is 11.3. The van der Waals surface area contributed by atoms with Crippen LogP contribution in [0, 0.1) is 0 Å². The molecule has 0 saturated heterocycles. The third kappa shape index (κ3) is 3.86. The highest BCUT2D eigenvalue weighted by atomic mass is 15.1. The molecule has 3 heteroatoms. The van der Waals surface area contributed by atoms with Crippen LogP contribution in [0.5, 0.6) is 0 Å². The molecule has 0 amide bonds. The van der Waals surface area contributed by atoms with Gasteiger partial charge in [0.25, 0.3) is 0 Å². The maximum Gasteiger partial charge on any atom is 0.0969 e. The molecular formula is C48H33N3. The Hall–Kier alpha value is -6.45. The zero-order valence-corrected chi connectivity index (χ0v) is 28.4. The summed E-state index contributed by atoms with van der Waals surface area (Å²) >= 11 is 0. The van der Waals surface area contributed by atoms with Gasteiger partial charge in [0.1, 0.15) is 0 Å². The first kappa shape index (κ1) is 28.4. The first-order chi connectivity index (χ1) is 25.1. The van der Waals surface area contributed by atoms with E-state index in [2.05, 4.69) is 181 Å². The number of aromatic nitrogens is 2. The minimum atomic E-state index is -0.0826. The molecule has 0 saturated carbocycles. The van der Waals surface area contributed by atoms with E-state index >= 15 is 0 Å². The maximum absolute atomic E-state index is 5.07. The van der Waals surface area contributed by atoms with Gasteiger partial charge in [0.05, 0.1) is 22.2 Å². The fourth-order valence-corrected chi connectivity index (χ4v) is 9.06. The highest BCUT2D eigenvalue weighted by molar-refractivity contribution is 6.33. The first-order valence-corrected chi connectivity index (χ1v) is 17.7. The summed E-state index contributed by atoms with van der Waals surface area (Å²) in [5.41, 5.74) is 13.3. The number of anilines is 3. The van der Waals surface area contributed by atoms with E-state index in [0.717, 1.165) is 28.1 Å². The van der Waals surface area contributed by atoms with Gasteiger partial charge in [-0.25, -0.2) is 0 Å². The van der Waals surface area contributed by atoms with Crippen molar-refractivity contribution in [3.63, 3.8) is 0 Å². The minimum Gasteiger partial charge on any atom is -0.310 e. The second-order valence-electron chi connectivity index (χ2n) is 14.4. The standard InChI is InChI=1S/C48H33N3/c1-48(2)39-17-10-9-16-35(39)36-25-22-34(29-40(36)48)51-42-18-11-27-49-47(42)46-38-24-19-30-21-26-41(37-23-20-31(28-43(46)51)45(38)44(30)37)50(32-12-5-3-6-13-32)33-14-7-4-8-15-33/h3-29H,1-2H3. The maximum atomic E-state index is 5.07. The van der Waals surface area contributed by atoms with Crippen LogP contribution >= 0.6 is 0 Å². The summed E-state index contributed by atoms with van der Waals surface area (Å²) in [5.74, 6) is 0. The van der Waals surface area contributed by atoms with Gasteiger partial charge in [-0.3, -0.25) is 4.98 Å². The van der Waals surface area contributed by atoms with Gasteiger partial charge >= 0.3 is 0 Å². The summed E-state index contributed by atoms with van der Waals surface area (Å²) in [4.78, 5) is 7.44. The number of para-hydroxylation sites is 2. The molecule has 0 fully saturated rings. The molecule has 0 bridgehead atoms. The molecule has 2 heterocycles. The van der Waals surface area contributed by atoms with Crippen molar-refractivity contribution in [1.29, 1.82) is 0 Å². The Morgan fingerprint density at radius 1 is 0.510 bits per heavy atom. The number of hydrogen-bond donors (Lipinski definition) is 0. The van der Waals surface area contributed by atoms with Crippen molar-refractivity contribution >= 4 is 71.3 Å². The Morgan fingerprint density at radius 3 is 1.98 bits per heavy atom. The second kappa shape index (κ2) is 10.3. The lowest BCUT2D eigenvalue weighted by Crippen LogP contribution is -2.15. The molecule has 3 nitrogen and oxygen atoms in total. The molecule has 0 aliphatic heterocycles. The SMILES string of the molecule is CC1(C)c2ccccc2-c2ccc(-n3c4cccnc4c4c5ccc6ccc(N(c7ccccc7)c7ccccc7)c7ccc(cc43)c5c67)cc21. The number of rotatable bonds is 4. The van der Waals surface area contributed by atoms with E-state index in [0.29, 0.717) is 0 Å². The predicted molar refractivity (Wildman–Crippen MR) is 215 cm³/mol. The molecule has 0 spiro atoms. The molecule has 0 unspecified atom stereocenters. The lowest BCUT2D eigenvalue weighted by molar-refractivity contribution is 0.660. The van der Waals surface area contributed by atoms with Gasteiger partial charge in [-0.05, 0) is 110 Å². The largest absolute Gasteiger partial charge is 0.310 e. The molecule has 240 valence electrons. The van der Waals surface area contributed by atoms with E-state index in [1.807, 2.05) is 6.20 Å². The Bertz CT molecular complexity index is 2950. The summed E-state index contributed by atoms with van der Waals surface area (Å²) in [6, 6.07) is 57.7. The van der Waals surface area contributed by atoms with Crippen LogP contribution in [-0.4, -0.2) is 9.55 Å². The Labute approximate surface area is 296 Å². The minimum absolute atomic E-state index is 0.0826. The fourth-order valence-electron chi connectivity index (χ4n) is 9.06. The number of nitrogens with zero attached hydrogens (tertiary/aromatic N) is 3. The quantitative estimate of drug-likeness (QED) is 0.177. The molecular weight excluding hydrogens is 619 g/mol. The van der Waals surface area contributed by atoms with Crippen molar-refractivity contribution in [2.24, 2.45) is 0 Å². The van der Waals surface area contributed by atoms with Gasteiger partial charge in [0, 0.05) is 39.4 Å². The Morgan fingerprint density at radius 2 is 1.18 bits per heavy atom. The van der Waals surface area contributed by atoms with Crippen LogP contribution in [0.25, 0.3) is 71.1 Å². The number of pyridine rings is 1. The van der Waals surface area contributed by atoms with Crippen LogP contribution in [-0.2, 0) is 5.41 Å². The molecule has 11 rings (SSSR count). The van der Waals surface area contributed by atoms with Gasteiger partial charge in [-0.1, -0.05) is 111 Å². The average molecular weight is 652 g/mol. The van der Waals surface area contributed by atoms with Crippen molar-refractivity contribution in [3.05, 3.63) is 175 Å². The van der Waals surface area contributed by atoms with E-state index in [4.69, 9.17) is 4.98 Å². The number of hydrogen-bond acceptors (Lipinski definition) is 2. The van der Waals surface area contributed by atoms with Crippen LogP contribution in [0.4, 0.5) is 17.1 Å². The van der Waals surface area contributed by atoms with Crippen molar-refractivity contribution in [3.8, 4) is 16.8 Å². The van der Waals surface area contributed by atoms with Crippen molar-refractivity contribution in [2.45, 2.75) is 19.3 Å². The molecule has 1 aliphatic carbocycles. The average Bonchev–Trinajstić information content (AvgIpc) is 3.63. The van der Waals surface area contributed by atoms with E-state index in [1.165, 1.54) is 71.2 Å². The highest BCUT2D eigenvalue weighted by Crippen LogP contribution is 2.50. The lowest BCUT2D eigenvalue weighted by Gasteiger charge is -2.27. The summed E-state index contributed by atoms with van der Waals surface area (Å²) in [6.07, 6.45) is 1.93. The third-order valence-electron chi connectivity index (χ3n) is 11.3. The lowest BCUT2D eigenvalue weighted by atomic mass is 9.82. The van der Waals surface area contributed by atoms with E-state index in [9.17, 15) is 0 Å². The summed E-state index contributed by atoms with van der Waals surface area (Å²) in [7, 11) is 0. The Kier molecular flexibility index (Phi) is 5.73. The van der Waals surface area contributed by atoms with Crippen LogP contribution in [0.1, 0.15) is 25.0 Å². The molecule has 10 aromatic rings. The van der Waals surface area contributed by atoms with Gasteiger partial charge < -0.3 is 9.47 Å². The predicted octanol–water partition coefficient (Wildman–Crippen LogP) is 12.9. The zero-order chi connectivity index (χ0) is 33.8. The van der Waals surface area contributed by atoms with Crippen LogP contribution in [0.3, 0.4) is 0 Å². The molecule has 1 aliphatic rings. The normalized spacial score (nSPS) is 13.5. The van der Waals surface area contributed by atoms with Gasteiger partial charge in [-0.2, -0.15) is 0 Å². The Balaban J connectivity index is 1.20. The highest BCUT2D eigenvalue weighted by Gasteiger charge is 2.35. The smallest absolute Gasteiger partial charge is 0.0969 e. The van der Waals surface area contributed by atoms with Crippen LogP contribution < -0.4 is 4.90 Å². The van der Waals surface area contributed by atoms with Crippen LogP contribution in [0.15, 0.2) is 164 Å². The second-order valence-corrected chi connectivity index (χ2v) is 14.4. The molecule has 0 radical (unpaired) electrons. The zero-order valence-electron chi connectivity index (χ0n) is 28.4. The van der Waals surface area contributed by atoms with Crippen molar-refractivity contribution in [1.82, 2.24) is 9.55 Å². The van der Waals surface area contributed by atoms with Crippen LogP contribution in [0.2, 0.25) is 0 Å². The topological polar surface area (TPSA) is 21.1 Å². The fraction of sp³-hybridized carbons (Fsp3) is 0.0625. The number of fused-ring (bicyclic) bond motifs is 7. The summed E-state index contributed by atoms with van der Waals surface area (Å²) in [6.45, 7) is 4.70. The van der Waals surface area contributed by atoms with Crippen molar-refractivity contribution in [2.75, 3.05) is 4.90 Å². The van der Waals surface area contributed by atoms with Gasteiger partial charge in [0.2, 0.25) is 0 Å². The monoisotopic (exact) mass is 651 g/mol. The van der Waals surface area contributed by atoms with Gasteiger partial charge in [-0.15, -0.1) is 0 Å².